The fourth-order valence-corrected chi connectivity index (χ4v) is 2.28. The Morgan fingerprint density at radius 1 is 1.38 bits per heavy atom. The van der Waals surface area contributed by atoms with Crippen LogP contribution in [-0.2, 0) is 17.9 Å². The lowest BCUT2D eigenvalue weighted by molar-refractivity contribution is 0.0462. The molecule has 1 heterocycles. The molecule has 0 aliphatic heterocycles. The summed E-state index contributed by atoms with van der Waals surface area (Å²) in [6, 6.07) is 4.75. The summed E-state index contributed by atoms with van der Waals surface area (Å²) in [6.07, 6.45) is 0. The fourth-order valence-electron chi connectivity index (χ4n) is 1.94. The molecule has 0 atom stereocenters. The van der Waals surface area contributed by atoms with Gasteiger partial charge in [-0.05, 0) is 32.0 Å². The highest BCUT2D eigenvalue weighted by Crippen LogP contribution is 2.29. The second kappa shape index (κ2) is 6.37. The van der Waals surface area contributed by atoms with Crippen molar-refractivity contribution in [1.29, 1.82) is 0 Å². The molecule has 7 heteroatoms. The van der Waals surface area contributed by atoms with Crippen LogP contribution in [0.15, 0.2) is 18.2 Å². The van der Waals surface area contributed by atoms with E-state index in [0.717, 1.165) is 11.4 Å². The molecule has 2 N–H and O–H groups in total. The second-order valence-corrected chi connectivity index (χ2v) is 5.32. The van der Waals surface area contributed by atoms with Crippen molar-refractivity contribution >= 4 is 34.9 Å². The molecule has 2 aromatic rings. The summed E-state index contributed by atoms with van der Waals surface area (Å²) >= 11 is 11.7. The number of ether oxygens (including phenoxy) is 1. The maximum absolute atomic E-state index is 12.0. The highest BCUT2D eigenvalue weighted by molar-refractivity contribution is 6.43. The smallest absolute Gasteiger partial charge is 0.338 e. The van der Waals surface area contributed by atoms with E-state index in [1.165, 1.54) is 12.1 Å². The molecule has 112 valence electrons. The van der Waals surface area contributed by atoms with E-state index in [4.69, 9.17) is 33.7 Å². The Bertz CT molecular complexity index is 660. The number of anilines is 1. The number of hydrogen-bond acceptors (Lipinski definition) is 4. The van der Waals surface area contributed by atoms with E-state index in [-0.39, 0.29) is 27.9 Å². The van der Waals surface area contributed by atoms with Crippen LogP contribution < -0.4 is 5.73 Å². The first kappa shape index (κ1) is 15.7. The highest BCUT2D eigenvalue weighted by atomic mass is 35.5. The Hall–Kier alpha value is -1.72. The zero-order valence-electron chi connectivity index (χ0n) is 11.7. The quantitative estimate of drug-likeness (QED) is 0.689. The van der Waals surface area contributed by atoms with E-state index >= 15 is 0 Å². The number of rotatable bonds is 4. The van der Waals surface area contributed by atoms with Gasteiger partial charge in [0.1, 0.15) is 6.61 Å². The molecule has 0 spiro atoms. The largest absolute Gasteiger partial charge is 0.456 e. The average molecular weight is 328 g/mol. The van der Waals surface area contributed by atoms with Crippen LogP contribution in [0.2, 0.25) is 10.0 Å². The van der Waals surface area contributed by atoms with Crippen molar-refractivity contribution in [3.05, 3.63) is 45.2 Å². The molecule has 0 fully saturated rings. The Morgan fingerprint density at radius 3 is 2.71 bits per heavy atom. The summed E-state index contributed by atoms with van der Waals surface area (Å²) in [5.74, 6) is -0.512. The molecule has 21 heavy (non-hydrogen) atoms. The predicted molar refractivity (Wildman–Crippen MR) is 82.6 cm³/mol. The molecule has 0 aliphatic carbocycles. The Kier molecular flexibility index (Phi) is 4.75. The van der Waals surface area contributed by atoms with E-state index in [1.807, 2.05) is 19.9 Å². The van der Waals surface area contributed by atoms with Gasteiger partial charge >= 0.3 is 5.97 Å². The van der Waals surface area contributed by atoms with Crippen LogP contribution in [0.4, 0.5) is 5.69 Å². The first-order valence-corrected chi connectivity index (χ1v) is 7.13. The fraction of sp³-hybridized carbons (Fsp3) is 0.286. The molecule has 1 aromatic heterocycles. The van der Waals surface area contributed by atoms with Crippen LogP contribution in [0.3, 0.4) is 0 Å². The van der Waals surface area contributed by atoms with Crippen molar-refractivity contribution < 1.29 is 9.53 Å². The molecule has 0 radical (unpaired) electrons. The van der Waals surface area contributed by atoms with Gasteiger partial charge in [0.25, 0.3) is 0 Å². The van der Waals surface area contributed by atoms with Gasteiger partial charge in [-0.25, -0.2) is 4.79 Å². The van der Waals surface area contributed by atoms with Gasteiger partial charge in [-0.1, -0.05) is 23.2 Å². The topological polar surface area (TPSA) is 70.1 Å². The number of carbonyl (C=O) groups excluding carboxylic acids is 1. The zero-order valence-corrected chi connectivity index (χ0v) is 13.2. The van der Waals surface area contributed by atoms with Crippen molar-refractivity contribution in [1.82, 2.24) is 9.78 Å². The molecule has 0 saturated carbocycles. The highest BCUT2D eigenvalue weighted by Gasteiger charge is 2.14. The summed E-state index contributed by atoms with van der Waals surface area (Å²) in [4.78, 5) is 12.0. The minimum Gasteiger partial charge on any atom is -0.456 e. The van der Waals surface area contributed by atoms with Crippen molar-refractivity contribution in [3.63, 3.8) is 0 Å². The van der Waals surface area contributed by atoms with Gasteiger partial charge in [-0.3, -0.25) is 4.68 Å². The number of benzene rings is 1. The minimum absolute atomic E-state index is 0.133. The number of esters is 1. The third-order valence-electron chi connectivity index (χ3n) is 2.93. The van der Waals surface area contributed by atoms with Crippen LogP contribution in [0.25, 0.3) is 0 Å². The number of carbonyl (C=O) groups is 1. The van der Waals surface area contributed by atoms with E-state index in [2.05, 4.69) is 5.10 Å². The molecule has 0 amide bonds. The number of aryl methyl sites for hydroxylation is 2. The van der Waals surface area contributed by atoms with Gasteiger partial charge in [0.05, 0.1) is 32.7 Å². The number of halogens is 2. The van der Waals surface area contributed by atoms with Crippen molar-refractivity contribution in [2.24, 2.45) is 0 Å². The lowest BCUT2D eigenvalue weighted by Gasteiger charge is -2.08. The van der Waals surface area contributed by atoms with E-state index < -0.39 is 5.97 Å². The van der Waals surface area contributed by atoms with Gasteiger partial charge in [-0.2, -0.15) is 5.10 Å². The first-order chi connectivity index (χ1) is 9.92. The van der Waals surface area contributed by atoms with E-state index in [1.54, 1.807) is 4.68 Å². The second-order valence-electron chi connectivity index (χ2n) is 4.53. The summed E-state index contributed by atoms with van der Waals surface area (Å²) in [5.41, 5.74) is 7.89. The van der Waals surface area contributed by atoms with Crippen LogP contribution in [-0.4, -0.2) is 15.7 Å². The van der Waals surface area contributed by atoms with Crippen LogP contribution in [0, 0.1) is 6.92 Å². The van der Waals surface area contributed by atoms with Gasteiger partial charge < -0.3 is 10.5 Å². The van der Waals surface area contributed by atoms with Crippen molar-refractivity contribution in [3.8, 4) is 0 Å². The van der Waals surface area contributed by atoms with E-state index in [0.29, 0.717) is 6.54 Å². The zero-order chi connectivity index (χ0) is 15.6. The van der Waals surface area contributed by atoms with Crippen molar-refractivity contribution in [2.75, 3.05) is 5.73 Å². The van der Waals surface area contributed by atoms with Gasteiger partial charge in [0.15, 0.2) is 0 Å². The maximum atomic E-state index is 12.0. The van der Waals surface area contributed by atoms with Crippen molar-refractivity contribution in [2.45, 2.75) is 27.0 Å². The number of hydrogen-bond donors (Lipinski definition) is 1. The Balaban J connectivity index is 2.11. The lowest BCUT2D eigenvalue weighted by Crippen LogP contribution is -2.10. The minimum atomic E-state index is -0.512. The molecule has 5 nitrogen and oxygen atoms in total. The first-order valence-electron chi connectivity index (χ1n) is 6.37. The third-order valence-corrected chi connectivity index (χ3v) is 3.74. The summed E-state index contributed by atoms with van der Waals surface area (Å²) in [7, 11) is 0. The van der Waals surface area contributed by atoms with Crippen LogP contribution in [0.1, 0.15) is 28.7 Å². The molecule has 2 rings (SSSR count). The SMILES string of the molecule is CCn1nc(C)cc1COC(=O)c1cc(N)c(Cl)c(Cl)c1. The monoisotopic (exact) mass is 327 g/mol. The normalized spacial score (nSPS) is 10.7. The predicted octanol–water partition coefficient (Wildman–Crippen LogP) is 3.46. The standard InChI is InChI=1S/C14H15Cl2N3O2/c1-3-19-10(4-8(2)18-19)7-21-14(20)9-5-11(15)13(16)12(17)6-9/h4-6H,3,7,17H2,1-2H3. The van der Waals surface area contributed by atoms with Crippen LogP contribution >= 0.6 is 23.2 Å². The number of nitrogens with two attached hydrogens (primary N) is 1. The average Bonchev–Trinajstić information content (AvgIpc) is 2.81. The Morgan fingerprint density at radius 2 is 2.10 bits per heavy atom. The molecule has 0 saturated heterocycles. The summed E-state index contributed by atoms with van der Waals surface area (Å²) in [6.45, 7) is 4.70. The molecular weight excluding hydrogens is 313 g/mol. The van der Waals surface area contributed by atoms with E-state index in [9.17, 15) is 4.79 Å². The number of aromatic nitrogens is 2. The molecule has 0 bridgehead atoms. The summed E-state index contributed by atoms with van der Waals surface area (Å²) in [5, 5.41) is 4.74. The molecule has 0 unspecified atom stereocenters. The van der Waals surface area contributed by atoms with Crippen LogP contribution in [0.5, 0.6) is 0 Å². The number of nitrogen functional groups attached to an aromatic ring is 1. The summed E-state index contributed by atoms with van der Waals surface area (Å²) < 4.78 is 7.05. The third kappa shape index (κ3) is 3.49. The number of nitrogens with zero attached hydrogens (tertiary/aromatic N) is 2. The van der Waals surface area contributed by atoms with Gasteiger partial charge in [-0.15, -0.1) is 0 Å². The molecular formula is C14H15Cl2N3O2. The van der Waals surface area contributed by atoms with Gasteiger partial charge in [0, 0.05) is 6.54 Å². The molecule has 0 aliphatic rings. The van der Waals surface area contributed by atoms with Gasteiger partial charge in [0.2, 0.25) is 0 Å². The maximum Gasteiger partial charge on any atom is 0.338 e. The lowest BCUT2D eigenvalue weighted by atomic mass is 10.2. The molecule has 1 aromatic carbocycles. The Labute approximate surface area is 132 Å².